The summed E-state index contributed by atoms with van der Waals surface area (Å²) in [6, 6.07) is 21.7. The molecule has 0 radical (unpaired) electrons. The number of rotatable bonds is 8. The van der Waals surface area contributed by atoms with Crippen molar-refractivity contribution in [3.63, 3.8) is 0 Å². The molecule has 0 unspecified atom stereocenters. The summed E-state index contributed by atoms with van der Waals surface area (Å²) in [6.45, 7) is 0.603. The van der Waals surface area contributed by atoms with Gasteiger partial charge in [0.1, 0.15) is 0 Å². The van der Waals surface area contributed by atoms with Crippen LogP contribution in [0.25, 0.3) is 11.0 Å². The maximum absolute atomic E-state index is 12.3. The first-order valence-corrected chi connectivity index (χ1v) is 11.3. The third kappa shape index (κ3) is 5.79. The second kappa shape index (κ2) is 10.3. The maximum Gasteiger partial charge on any atom is 0.335 e. The molecule has 0 aliphatic carbocycles. The van der Waals surface area contributed by atoms with Crippen molar-refractivity contribution in [1.82, 2.24) is 15.0 Å². The Hall–Kier alpha value is -3.62. The zero-order valence-electron chi connectivity index (χ0n) is 17.3. The average Bonchev–Trinajstić information content (AvgIpc) is 3.17. The third-order valence-electron chi connectivity index (χ3n) is 4.77. The van der Waals surface area contributed by atoms with E-state index in [-0.39, 0.29) is 17.2 Å². The molecule has 0 bridgehead atoms. The summed E-state index contributed by atoms with van der Waals surface area (Å²) >= 11 is 7.33. The lowest BCUT2D eigenvalue weighted by Crippen LogP contribution is -2.20. The fourth-order valence-electron chi connectivity index (χ4n) is 3.14. The van der Waals surface area contributed by atoms with Gasteiger partial charge in [0.15, 0.2) is 5.16 Å². The molecular formula is C24H19ClN4O3S. The van der Waals surface area contributed by atoms with Crippen LogP contribution in [0.1, 0.15) is 21.5 Å². The van der Waals surface area contributed by atoms with Crippen LogP contribution >= 0.6 is 23.4 Å². The number of carboxylic acids is 1. The minimum atomic E-state index is -0.995. The van der Waals surface area contributed by atoms with Crippen molar-refractivity contribution >= 4 is 52.5 Å². The minimum absolute atomic E-state index is 0.138. The predicted octanol–water partition coefficient (Wildman–Crippen LogP) is 4.68. The minimum Gasteiger partial charge on any atom is -0.478 e. The van der Waals surface area contributed by atoms with Crippen LogP contribution in [0.2, 0.25) is 5.02 Å². The van der Waals surface area contributed by atoms with Crippen molar-refractivity contribution in [2.24, 2.45) is 5.10 Å². The van der Waals surface area contributed by atoms with Crippen LogP contribution in [0.3, 0.4) is 0 Å². The highest BCUT2D eigenvalue weighted by molar-refractivity contribution is 7.99. The highest BCUT2D eigenvalue weighted by atomic mass is 35.5. The molecule has 0 saturated carbocycles. The first-order valence-electron chi connectivity index (χ1n) is 9.97. The smallest absolute Gasteiger partial charge is 0.335 e. The molecule has 1 aromatic heterocycles. The lowest BCUT2D eigenvalue weighted by Gasteiger charge is -2.09. The SMILES string of the molecule is O=C(CSc1nc2ccccc2n1Cc1ccc(Cl)cc1)N/N=C\c1ccc(C(=O)O)cc1. The van der Waals surface area contributed by atoms with Crippen LogP contribution < -0.4 is 5.43 Å². The summed E-state index contributed by atoms with van der Waals surface area (Å²) in [5, 5.41) is 14.3. The van der Waals surface area contributed by atoms with Gasteiger partial charge in [-0.25, -0.2) is 15.2 Å². The van der Waals surface area contributed by atoms with Crippen molar-refractivity contribution in [3.05, 3.63) is 94.5 Å². The number of halogens is 1. The summed E-state index contributed by atoms with van der Waals surface area (Å²) in [5.41, 5.74) is 6.28. The van der Waals surface area contributed by atoms with Gasteiger partial charge in [0.2, 0.25) is 0 Å². The molecule has 1 heterocycles. The predicted molar refractivity (Wildman–Crippen MR) is 130 cm³/mol. The van der Waals surface area contributed by atoms with Crippen LogP contribution in [0, 0.1) is 0 Å². The maximum atomic E-state index is 12.3. The molecule has 166 valence electrons. The number of thioether (sulfide) groups is 1. The molecule has 7 nitrogen and oxygen atoms in total. The van der Waals surface area contributed by atoms with Gasteiger partial charge >= 0.3 is 5.97 Å². The molecule has 0 saturated heterocycles. The number of nitrogens with one attached hydrogen (secondary N) is 1. The monoisotopic (exact) mass is 478 g/mol. The Morgan fingerprint density at radius 2 is 1.79 bits per heavy atom. The molecule has 0 spiro atoms. The van der Waals surface area contributed by atoms with E-state index in [0.717, 1.165) is 21.8 Å². The second-order valence-electron chi connectivity index (χ2n) is 7.10. The Balaban J connectivity index is 1.41. The van der Waals surface area contributed by atoms with Crippen LogP contribution in [0.4, 0.5) is 0 Å². The van der Waals surface area contributed by atoms with Gasteiger partial charge in [-0.3, -0.25) is 4.79 Å². The molecule has 1 amide bonds. The van der Waals surface area contributed by atoms with Crippen molar-refractivity contribution in [2.45, 2.75) is 11.7 Å². The number of hydrazone groups is 1. The number of nitrogens with zero attached hydrogens (tertiary/aromatic N) is 3. The molecule has 0 aliphatic heterocycles. The third-order valence-corrected chi connectivity index (χ3v) is 5.99. The standard InChI is InChI=1S/C24H19ClN4O3S/c25-19-11-7-17(8-12-19)14-29-21-4-2-1-3-20(21)27-24(29)33-15-22(30)28-26-13-16-5-9-18(10-6-16)23(31)32/h1-13H,14-15H2,(H,28,30)(H,31,32)/b26-13-. The molecule has 0 atom stereocenters. The number of hydrogen-bond donors (Lipinski definition) is 2. The number of carbonyl (C=O) groups excluding carboxylic acids is 1. The zero-order valence-corrected chi connectivity index (χ0v) is 18.9. The summed E-state index contributed by atoms with van der Waals surface area (Å²) in [6.07, 6.45) is 1.46. The van der Waals surface area contributed by atoms with Gasteiger partial charge < -0.3 is 9.67 Å². The quantitative estimate of drug-likeness (QED) is 0.218. The molecule has 0 aliphatic rings. The van der Waals surface area contributed by atoms with Gasteiger partial charge in [-0.15, -0.1) is 0 Å². The van der Waals surface area contributed by atoms with Gasteiger partial charge in [-0.1, -0.05) is 59.8 Å². The average molecular weight is 479 g/mol. The summed E-state index contributed by atoms with van der Waals surface area (Å²) in [7, 11) is 0. The topological polar surface area (TPSA) is 96.6 Å². The molecule has 9 heteroatoms. The van der Waals surface area contributed by atoms with E-state index in [2.05, 4.69) is 20.1 Å². The van der Waals surface area contributed by atoms with Crippen molar-refractivity contribution in [3.8, 4) is 0 Å². The first-order chi connectivity index (χ1) is 16.0. The number of amides is 1. The van der Waals surface area contributed by atoms with Crippen LogP contribution in [-0.4, -0.2) is 38.5 Å². The number of aromatic nitrogens is 2. The van der Waals surface area contributed by atoms with Gasteiger partial charge in [-0.2, -0.15) is 5.10 Å². The Bertz CT molecular complexity index is 1320. The van der Waals surface area contributed by atoms with E-state index in [1.54, 1.807) is 12.1 Å². The van der Waals surface area contributed by atoms with Gasteiger partial charge in [-0.05, 0) is 47.5 Å². The largest absolute Gasteiger partial charge is 0.478 e. The lowest BCUT2D eigenvalue weighted by atomic mass is 10.1. The van der Waals surface area contributed by atoms with Crippen LogP contribution in [0.5, 0.6) is 0 Å². The van der Waals surface area contributed by atoms with E-state index in [1.165, 1.54) is 30.1 Å². The highest BCUT2D eigenvalue weighted by Crippen LogP contribution is 2.25. The van der Waals surface area contributed by atoms with Crippen molar-refractivity contribution < 1.29 is 14.7 Å². The Labute approximate surface area is 199 Å². The number of benzene rings is 3. The molecular weight excluding hydrogens is 460 g/mol. The van der Waals surface area contributed by atoms with Gasteiger partial charge in [0.05, 0.1) is 35.1 Å². The zero-order chi connectivity index (χ0) is 23.2. The first kappa shape index (κ1) is 22.6. The van der Waals surface area contributed by atoms with Crippen LogP contribution in [-0.2, 0) is 11.3 Å². The molecule has 0 fully saturated rings. The molecule has 4 aromatic rings. The van der Waals surface area contributed by atoms with Crippen molar-refractivity contribution in [1.29, 1.82) is 0 Å². The molecule has 33 heavy (non-hydrogen) atoms. The number of imidazole rings is 1. The number of carbonyl (C=O) groups is 2. The van der Waals surface area contributed by atoms with Crippen LogP contribution in [0.15, 0.2) is 83.1 Å². The van der Waals surface area contributed by atoms with E-state index >= 15 is 0 Å². The van der Waals surface area contributed by atoms with E-state index in [4.69, 9.17) is 16.7 Å². The van der Waals surface area contributed by atoms with E-state index in [1.807, 2.05) is 48.5 Å². The second-order valence-corrected chi connectivity index (χ2v) is 8.48. The summed E-state index contributed by atoms with van der Waals surface area (Å²) < 4.78 is 2.07. The highest BCUT2D eigenvalue weighted by Gasteiger charge is 2.13. The lowest BCUT2D eigenvalue weighted by molar-refractivity contribution is -0.118. The van der Waals surface area contributed by atoms with E-state index in [9.17, 15) is 9.59 Å². The van der Waals surface area contributed by atoms with Crippen molar-refractivity contribution in [2.75, 3.05) is 5.75 Å². The number of carboxylic acid groups (broad SMARTS) is 1. The number of hydrogen-bond acceptors (Lipinski definition) is 5. The summed E-state index contributed by atoms with van der Waals surface area (Å²) in [5.74, 6) is -1.13. The fourth-order valence-corrected chi connectivity index (χ4v) is 4.07. The Kier molecular flexibility index (Phi) is 7.07. The van der Waals surface area contributed by atoms with E-state index < -0.39 is 5.97 Å². The molecule has 2 N–H and O–H groups in total. The van der Waals surface area contributed by atoms with Gasteiger partial charge in [0, 0.05) is 5.02 Å². The summed E-state index contributed by atoms with van der Waals surface area (Å²) in [4.78, 5) is 27.9. The molecule has 3 aromatic carbocycles. The number of fused-ring (bicyclic) bond motifs is 1. The number of para-hydroxylation sites is 2. The normalized spacial score (nSPS) is 11.2. The molecule has 4 rings (SSSR count). The Morgan fingerprint density at radius 3 is 2.52 bits per heavy atom. The fraction of sp³-hybridized carbons (Fsp3) is 0.0833. The van der Waals surface area contributed by atoms with E-state index in [0.29, 0.717) is 17.1 Å². The Morgan fingerprint density at radius 1 is 1.06 bits per heavy atom. The number of aromatic carboxylic acids is 1. The van der Waals surface area contributed by atoms with Gasteiger partial charge in [0.25, 0.3) is 5.91 Å².